The zero-order chi connectivity index (χ0) is 38.7. The molecule has 0 aromatic carbocycles. The molecule has 314 valence electrons. The highest BCUT2D eigenvalue weighted by Gasteiger charge is 2.19. The Morgan fingerprint density at radius 3 is 0.755 bits per heavy atom. The fourth-order valence-electron chi connectivity index (χ4n) is 7.03. The molecule has 0 aliphatic carbocycles. The normalized spacial score (nSPS) is 11.8. The second-order valence-corrected chi connectivity index (χ2v) is 16.0. The second-order valence-electron chi connectivity index (χ2n) is 16.0. The van der Waals surface area contributed by atoms with Crippen LogP contribution in [0.3, 0.4) is 0 Å². The number of hydrogen-bond acceptors (Lipinski definition) is 6. The first-order valence-electron chi connectivity index (χ1n) is 23.5. The number of esters is 3. The Hall–Kier alpha value is -1.59. The summed E-state index contributed by atoms with van der Waals surface area (Å²) in [7, 11) is 0. The van der Waals surface area contributed by atoms with E-state index in [1.807, 2.05) is 0 Å². The van der Waals surface area contributed by atoms with Crippen LogP contribution in [0.25, 0.3) is 0 Å². The Balaban J connectivity index is 4.24. The van der Waals surface area contributed by atoms with Gasteiger partial charge in [-0.05, 0) is 19.3 Å². The summed E-state index contributed by atoms with van der Waals surface area (Å²) in [6.07, 6.45) is 43.7. The summed E-state index contributed by atoms with van der Waals surface area (Å²) >= 11 is 0. The molecule has 0 aromatic heterocycles. The van der Waals surface area contributed by atoms with Gasteiger partial charge in [0.15, 0.2) is 6.10 Å². The maximum atomic E-state index is 12.7. The predicted octanol–water partition coefficient (Wildman–Crippen LogP) is 14.9. The number of rotatable bonds is 43. The highest BCUT2D eigenvalue weighted by atomic mass is 16.6. The second kappa shape index (κ2) is 43.1. The SMILES string of the molecule is CCCCCCCCCCCCCCCCCCC(=O)OC[C@@H](COC(=O)CCCCCCCCCCC)OC(=O)CCCCCCCCCCCC. The predicted molar refractivity (Wildman–Crippen MR) is 224 cm³/mol. The van der Waals surface area contributed by atoms with Crippen molar-refractivity contribution in [3.05, 3.63) is 0 Å². The summed E-state index contributed by atoms with van der Waals surface area (Å²) in [6, 6.07) is 0. The molecule has 0 aliphatic rings. The highest BCUT2D eigenvalue weighted by molar-refractivity contribution is 5.71. The van der Waals surface area contributed by atoms with E-state index in [2.05, 4.69) is 20.8 Å². The lowest BCUT2D eigenvalue weighted by atomic mass is 10.0. The van der Waals surface area contributed by atoms with Crippen LogP contribution in [-0.4, -0.2) is 37.2 Å². The van der Waals surface area contributed by atoms with Crippen molar-refractivity contribution in [1.82, 2.24) is 0 Å². The Morgan fingerprint density at radius 2 is 0.509 bits per heavy atom. The van der Waals surface area contributed by atoms with E-state index in [1.54, 1.807) is 0 Å². The zero-order valence-corrected chi connectivity index (χ0v) is 35.8. The molecule has 0 heterocycles. The van der Waals surface area contributed by atoms with E-state index in [0.29, 0.717) is 19.3 Å². The molecule has 0 aliphatic heterocycles. The molecule has 0 amide bonds. The van der Waals surface area contributed by atoms with E-state index in [9.17, 15) is 14.4 Å². The first-order valence-corrected chi connectivity index (χ1v) is 23.5. The molecular formula is C47H90O6. The molecule has 0 aromatic rings. The lowest BCUT2D eigenvalue weighted by Gasteiger charge is -2.18. The zero-order valence-electron chi connectivity index (χ0n) is 35.8. The largest absolute Gasteiger partial charge is 0.462 e. The van der Waals surface area contributed by atoms with Gasteiger partial charge in [-0.25, -0.2) is 0 Å². The van der Waals surface area contributed by atoms with Crippen LogP contribution in [0.2, 0.25) is 0 Å². The topological polar surface area (TPSA) is 78.9 Å². The number of carbonyl (C=O) groups excluding carboxylic acids is 3. The summed E-state index contributed by atoms with van der Waals surface area (Å²) in [5.74, 6) is -0.853. The van der Waals surface area contributed by atoms with Crippen LogP contribution < -0.4 is 0 Å². The fourth-order valence-corrected chi connectivity index (χ4v) is 7.03. The Bertz CT molecular complexity index is 783. The number of unbranched alkanes of at least 4 members (excludes halogenated alkanes) is 32. The molecule has 0 radical (unpaired) electrons. The number of carbonyl (C=O) groups is 3. The van der Waals surface area contributed by atoms with Gasteiger partial charge in [-0.1, -0.05) is 226 Å². The summed E-state index contributed by atoms with van der Waals surface area (Å²) in [4.78, 5) is 37.6. The van der Waals surface area contributed by atoms with Gasteiger partial charge in [-0.15, -0.1) is 0 Å². The lowest BCUT2D eigenvalue weighted by Crippen LogP contribution is -2.30. The summed E-state index contributed by atoms with van der Waals surface area (Å²) in [5.41, 5.74) is 0. The number of hydrogen-bond donors (Lipinski definition) is 0. The molecular weight excluding hydrogens is 661 g/mol. The third kappa shape index (κ3) is 41.4. The summed E-state index contributed by atoms with van der Waals surface area (Å²) in [5, 5.41) is 0. The minimum Gasteiger partial charge on any atom is -0.462 e. The van der Waals surface area contributed by atoms with E-state index < -0.39 is 6.10 Å². The molecule has 6 nitrogen and oxygen atoms in total. The summed E-state index contributed by atoms with van der Waals surface area (Å²) in [6.45, 7) is 6.63. The van der Waals surface area contributed by atoms with Crippen LogP contribution >= 0.6 is 0 Å². The average Bonchev–Trinajstić information content (AvgIpc) is 3.15. The van der Waals surface area contributed by atoms with Crippen molar-refractivity contribution in [1.29, 1.82) is 0 Å². The van der Waals surface area contributed by atoms with E-state index >= 15 is 0 Å². The first kappa shape index (κ1) is 51.4. The van der Waals surface area contributed by atoms with Crippen LogP contribution in [0.4, 0.5) is 0 Å². The molecule has 1 atom stereocenters. The van der Waals surface area contributed by atoms with Gasteiger partial charge in [-0.2, -0.15) is 0 Å². The van der Waals surface area contributed by atoms with Crippen molar-refractivity contribution in [2.24, 2.45) is 0 Å². The first-order chi connectivity index (χ1) is 26.0. The maximum Gasteiger partial charge on any atom is 0.306 e. The van der Waals surface area contributed by atoms with Gasteiger partial charge in [-0.3, -0.25) is 14.4 Å². The van der Waals surface area contributed by atoms with Crippen molar-refractivity contribution in [2.45, 2.75) is 271 Å². The molecule has 0 bridgehead atoms. The van der Waals surface area contributed by atoms with Crippen molar-refractivity contribution in [2.75, 3.05) is 13.2 Å². The highest BCUT2D eigenvalue weighted by Crippen LogP contribution is 2.16. The van der Waals surface area contributed by atoms with Crippen LogP contribution in [0, 0.1) is 0 Å². The van der Waals surface area contributed by atoms with Gasteiger partial charge < -0.3 is 14.2 Å². The van der Waals surface area contributed by atoms with E-state index in [0.717, 1.165) is 57.8 Å². The molecule has 0 rings (SSSR count). The van der Waals surface area contributed by atoms with Crippen LogP contribution in [0.5, 0.6) is 0 Å². The minimum atomic E-state index is -0.757. The van der Waals surface area contributed by atoms with Crippen molar-refractivity contribution in [3.63, 3.8) is 0 Å². The van der Waals surface area contributed by atoms with Crippen molar-refractivity contribution in [3.8, 4) is 0 Å². The molecule has 0 saturated heterocycles. The van der Waals surface area contributed by atoms with Gasteiger partial charge in [0.2, 0.25) is 0 Å². The average molecular weight is 751 g/mol. The Labute approximate surface area is 329 Å². The van der Waals surface area contributed by atoms with Crippen LogP contribution in [-0.2, 0) is 28.6 Å². The molecule has 0 fully saturated rings. The molecule has 53 heavy (non-hydrogen) atoms. The van der Waals surface area contributed by atoms with Crippen LogP contribution in [0.1, 0.15) is 265 Å². The molecule has 0 N–H and O–H groups in total. The molecule has 0 saturated carbocycles. The third-order valence-corrected chi connectivity index (χ3v) is 10.6. The van der Waals surface area contributed by atoms with Gasteiger partial charge in [0.25, 0.3) is 0 Å². The molecule has 6 heteroatoms. The van der Waals surface area contributed by atoms with Crippen molar-refractivity contribution < 1.29 is 28.6 Å². The quantitative estimate of drug-likeness (QED) is 0.0351. The Morgan fingerprint density at radius 1 is 0.302 bits per heavy atom. The molecule has 0 unspecified atom stereocenters. The van der Waals surface area contributed by atoms with Gasteiger partial charge in [0, 0.05) is 19.3 Å². The third-order valence-electron chi connectivity index (χ3n) is 10.6. The van der Waals surface area contributed by atoms with E-state index in [-0.39, 0.29) is 31.1 Å². The number of ether oxygens (including phenoxy) is 3. The fraction of sp³-hybridized carbons (Fsp3) is 0.936. The van der Waals surface area contributed by atoms with E-state index in [1.165, 1.54) is 167 Å². The minimum absolute atomic E-state index is 0.0627. The lowest BCUT2D eigenvalue weighted by molar-refractivity contribution is -0.167. The van der Waals surface area contributed by atoms with Crippen molar-refractivity contribution >= 4 is 17.9 Å². The monoisotopic (exact) mass is 751 g/mol. The maximum absolute atomic E-state index is 12.7. The smallest absolute Gasteiger partial charge is 0.306 e. The van der Waals surface area contributed by atoms with Gasteiger partial charge >= 0.3 is 17.9 Å². The van der Waals surface area contributed by atoms with Gasteiger partial charge in [0.05, 0.1) is 0 Å². The summed E-state index contributed by atoms with van der Waals surface area (Å²) < 4.78 is 16.7. The Kier molecular flexibility index (Phi) is 41.8. The standard InChI is InChI=1S/C47H90O6/c1-4-7-10-13-16-19-21-22-23-24-25-26-29-31-34-37-40-46(49)52-43-44(42-51-45(48)39-36-33-30-27-18-15-12-9-6-3)53-47(50)41-38-35-32-28-20-17-14-11-8-5-2/h44H,4-43H2,1-3H3/t44-/m1/s1. The molecule has 0 spiro atoms. The van der Waals surface area contributed by atoms with E-state index in [4.69, 9.17) is 14.2 Å². The van der Waals surface area contributed by atoms with Crippen LogP contribution in [0.15, 0.2) is 0 Å². The van der Waals surface area contributed by atoms with Gasteiger partial charge in [0.1, 0.15) is 13.2 Å².